The van der Waals surface area contributed by atoms with Gasteiger partial charge in [-0.1, -0.05) is 30.3 Å². The maximum Gasteiger partial charge on any atom is 0.573 e. The Balaban J connectivity index is 1.75. The molecule has 182 valence electrons. The summed E-state index contributed by atoms with van der Waals surface area (Å²) in [5.41, 5.74) is 3.78. The average molecular weight is 483 g/mol. The fourth-order valence-corrected chi connectivity index (χ4v) is 4.54. The van der Waals surface area contributed by atoms with Gasteiger partial charge in [0.2, 0.25) is 0 Å². The van der Waals surface area contributed by atoms with Gasteiger partial charge >= 0.3 is 12.3 Å². The lowest BCUT2D eigenvalue weighted by molar-refractivity contribution is -0.274. The minimum atomic E-state index is -4.76. The van der Waals surface area contributed by atoms with Crippen LogP contribution in [0.3, 0.4) is 0 Å². The van der Waals surface area contributed by atoms with Crippen LogP contribution in [0, 0.1) is 0 Å². The highest BCUT2D eigenvalue weighted by Crippen LogP contribution is 2.44. The first-order valence-electron chi connectivity index (χ1n) is 10.9. The molecular weight excluding hydrogens is 459 g/mol. The van der Waals surface area contributed by atoms with E-state index in [1.807, 2.05) is 37.3 Å². The Morgan fingerprint density at radius 2 is 1.74 bits per heavy atom. The quantitative estimate of drug-likeness (QED) is 0.367. The molecule has 4 rings (SSSR count). The van der Waals surface area contributed by atoms with E-state index in [2.05, 4.69) is 14.4 Å². The van der Waals surface area contributed by atoms with E-state index in [-0.39, 0.29) is 11.5 Å². The van der Waals surface area contributed by atoms with Gasteiger partial charge in [-0.3, -0.25) is 0 Å². The lowest BCUT2D eigenvalue weighted by Crippen LogP contribution is -2.49. The molecule has 3 aromatic carbocycles. The molecule has 8 heteroatoms. The molecule has 0 aliphatic carbocycles. The van der Waals surface area contributed by atoms with Crippen molar-refractivity contribution in [2.75, 3.05) is 18.6 Å². The number of fused-ring (bicyclic) bond motifs is 1. The summed E-state index contributed by atoms with van der Waals surface area (Å²) in [7, 11) is 1.31. The summed E-state index contributed by atoms with van der Waals surface area (Å²) in [6, 6.07) is 18.7. The van der Waals surface area contributed by atoms with Crippen LogP contribution in [0.4, 0.5) is 18.9 Å². The van der Waals surface area contributed by atoms with Gasteiger partial charge in [0.15, 0.2) is 0 Å². The number of nitrogens with zero attached hydrogens (tertiary/aromatic N) is 1. The Morgan fingerprint density at radius 3 is 2.37 bits per heavy atom. The Morgan fingerprint density at radius 1 is 1.06 bits per heavy atom. The number of hydrogen-bond donors (Lipinski definition) is 1. The summed E-state index contributed by atoms with van der Waals surface area (Å²) in [6.45, 7) is 2.62. The molecule has 0 fully saturated rings. The van der Waals surface area contributed by atoms with Crippen molar-refractivity contribution in [1.82, 2.24) is 0 Å². The number of alkyl halides is 3. The lowest BCUT2D eigenvalue weighted by atomic mass is 9.76. The average Bonchev–Trinajstić information content (AvgIpc) is 2.82. The second-order valence-electron chi connectivity index (χ2n) is 8.34. The largest absolute Gasteiger partial charge is 0.573 e. The Hall–Kier alpha value is -3.94. The number of phenols is 1. The van der Waals surface area contributed by atoms with Gasteiger partial charge in [-0.25, -0.2) is 4.79 Å². The van der Waals surface area contributed by atoms with E-state index < -0.39 is 17.9 Å². The zero-order chi connectivity index (χ0) is 25.2. The molecule has 0 amide bonds. The summed E-state index contributed by atoms with van der Waals surface area (Å²) >= 11 is 0. The molecule has 0 bridgehead atoms. The van der Waals surface area contributed by atoms with Crippen molar-refractivity contribution in [1.29, 1.82) is 0 Å². The zero-order valence-corrected chi connectivity index (χ0v) is 19.2. The van der Waals surface area contributed by atoms with Gasteiger partial charge < -0.3 is 19.5 Å². The minimum absolute atomic E-state index is 0.177. The SMILES string of the molecule is COC(=O)/C=C/c1ccc(C2(C)c3ccc(O)cc3CCN2c2ccc(OC(F)(F)F)cc2)cc1. The standard InChI is InChI=1S/C27H24F3NO4/c1-26(20-6-3-18(4-7-20)5-14-25(33)34-2)24-13-10-22(32)17-19(24)15-16-31(26)21-8-11-23(12-9-21)35-27(28,29)30/h3-14,17,32H,15-16H2,1-2H3/b14-5+. The molecule has 3 aromatic rings. The van der Waals surface area contributed by atoms with E-state index in [0.717, 1.165) is 27.9 Å². The fourth-order valence-electron chi connectivity index (χ4n) is 4.54. The van der Waals surface area contributed by atoms with Gasteiger partial charge in [-0.05, 0) is 78.1 Å². The summed E-state index contributed by atoms with van der Waals surface area (Å²) in [6.07, 6.45) is -1.11. The third-order valence-corrected chi connectivity index (χ3v) is 6.23. The number of anilines is 1. The highest BCUT2D eigenvalue weighted by Gasteiger charge is 2.40. The van der Waals surface area contributed by atoms with Crippen molar-refractivity contribution in [3.8, 4) is 11.5 Å². The van der Waals surface area contributed by atoms with E-state index >= 15 is 0 Å². The number of methoxy groups -OCH3 is 1. The third-order valence-electron chi connectivity index (χ3n) is 6.23. The highest BCUT2D eigenvalue weighted by atomic mass is 19.4. The van der Waals surface area contributed by atoms with Gasteiger partial charge in [0, 0.05) is 18.3 Å². The van der Waals surface area contributed by atoms with Crippen molar-refractivity contribution >= 4 is 17.7 Å². The normalized spacial score (nSPS) is 17.8. The molecule has 1 atom stereocenters. The van der Waals surface area contributed by atoms with Crippen molar-refractivity contribution in [2.24, 2.45) is 0 Å². The number of hydrogen-bond acceptors (Lipinski definition) is 5. The number of esters is 1. The maximum atomic E-state index is 12.6. The number of halogens is 3. The van der Waals surface area contributed by atoms with Crippen LogP contribution in [0.2, 0.25) is 0 Å². The molecule has 0 spiro atoms. The molecule has 1 heterocycles. The number of rotatable bonds is 5. The maximum absolute atomic E-state index is 12.6. The van der Waals surface area contributed by atoms with Crippen molar-refractivity contribution in [2.45, 2.75) is 25.2 Å². The molecule has 1 unspecified atom stereocenters. The van der Waals surface area contributed by atoms with E-state index in [4.69, 9.17) is 0 Å². The number of carbonyl (C=O) groups is 1. The third kappa shape index (κ3) is 5.11. The Bertz CT molecular complexity index is 1240. The van der Waals surface area contributed by atoms with E-state index in [1.165, 1.54) is 25.3 Å². The first-order chi connectivity index (χ1) is 16.6. The number of carbonyl (C=O) groups excluding carboxylic acids is 1. The van der Waals surface area contributed by atoms with Gasteiger partial charge in [-0.2, -0.15) is 0 Å². The van der Waals surface area contributed by atoms with Crippen LogP contribution in [0.5, 0.6) is 11.5 Å². The van der Waals surface area contributed by atoms with Crippen molar-refractivity contribution < 1.29 is 32.5 Å². The topological polar surface area (TPSA) is 59.0 Å². The first kappa shape index (κ1) is 24.2. The zero-order valence-electron chi connectivity index (χ0n) is 19.2. The predicted octanol–water partition coefficient (Wildman–Crippen LogP) is 5.80. The minimum Gasteiger partial charge on any atom is -0.508 e. The molecule has 1 aliphatic rings. The van der Waals surface area contributed by atoms with Crippen LogP contribution in [0.25, 0.3) is 6.08 Å². The highest BCUT2D eigenvalue weighted by molar-refractivity contribution is 5.86. The van der Waals surface area contributed by atoms with Gasteiger partial charge in [0.25, 0.3) is 0 Å². The monoisotopic (exact) mass is 483 g/mol. The van der Waals surface area contributed by atoms with Gasteiger partial charge in [-0.15, -0.1) is 13.2 Å². The van der Waals surface area contributed by atoms with Crippen molar-refractivity contribution in [3.05, 3.63) is 95.1 Å². The fraction of sp³-hybridized carbons (Fsp3) is 0.222. The van der Waals surface area contributed by atoms with Crippen LogP contribution in [-0.2, 0) is 21.5 Å². The molecule has 0 saturated carbocycles. The second-order valence-corrected chi connectivity index (χ2v) is 8.34. The molecule has 0 aromatic heterocycles. The van der Waals surface area contributed by atoms with E-state index in [0.29, 0.717) is 13.0 Å². The van der Waals surface area contributed by atoms with Crippen LogP contribution < -0.4 is 9.64 Å². The number of aromatic hydroxyl groups is 1. The smallest absolute Gasteiger partial charge is 0.508 e. The first-order valence-corrected chi connectivity index (χ1v) is 10.9. The second kappa shape index (κ2) is 9.37. The summed E-state index contributed by atoms with van der Waals surface area (Å²) < 4.78 is 46.5. The Kier molecular flexibility index (Phi) is 6.47. The van der Waals surface area contributed by atoms with E-state index in [1.54, 1.807) is 30.3 Å². The molecule has 0 saturated heterocycles. The summed E-state index contributed by atoms with van der Waals surface area (Å²) in [5.74, 6) is -0.560. The number of benzene rings is 3. The van der Waals surface area contributed by atoms with Crippen molar-refractivity contribution in [3.63, 3.8) is 0 Å². The van der Waals surface area contributed by atoms with Gasteiger partial charge in [0.1, 0.15) is 11.5 Å². The Labute approximate surface area is 201 Å². The predicted molar refractivity (Wildman–Crippen MR) is 126 cm³/mol. The van der Waals surface area contributed by atoms with Crippen LogP contribution in [-0.4, -0.2) is 31.1 Å². The molecule has 1 N–H and O–H groups in total. The summed E-state index contributed by atoms with van der Waals surface area (Å²) in [4.78, 5) is 13.5. The van der Waals surface area contributed by atoms with Crippen LogP contribution in [0.15, 0.2) is 72.8 Å². The lowest BCUT2D eigenvalue weighted by Gasteiger charge is -2.48. The van der Waals surface area contributed by atoms with Crippen LogP contribution >= 0.6 is 0 Å². The van der Waals surface area contributed by atoms with E-state index in [9.17, 15) is 23.1 Å². The van der Waals surface area contributed by atoms with Crippen LogP contribution in [0.1, 0.15) is 29.2 Å². The summed E-state index contributed by atoms with van der Waals surface area (Å²) in [5, 5.41) is 10.0. The molecule has 0 radical (unpaired) electrons. The molecular formula is C27H24F3NO4. The molecule has 35 heavy (non-hydrogen) atoms. The molecule has 5 nitrogen and oxygen atoms in total. The van der Waals surface area contributed by atoms with Gasteiger partial charge in [0.05, 0.1) is 12.6 Å². The molecule has 1 aliphatic heterocycles. The number of ether oxygens (including phenoxy) is 2. The number of phenolic OH excluding ortho intramolecular Hbond substituents is 1.